The number of hydrogen-bond acceptors (Lipinski definition) is 4. The van der Waals surface area contributed by atoms with Gasteiger partial charge in [0.25, 0.3) is 5.91 Å². The molecule has 1 amide bonds. The van der Waals surface area contributed by atoms with Crippen LogP contribution in [0.3, 0.4) is 0 Å². The lowest BCUT2D eigenvalue weighted by molar-refractivity contribution is 0.0888. The number of rotatable bonds is 6. The maximum atomic E-state index is 12.8. The molecule has 2 rings (SSSR count). The van der Waals surface area contributed by atoms with Crippen LogP contribution in [0.25, 0.3) is 0 Å². The molecule has 0 spiro atoms. The van der Waals surface area contributed by atoms with Gasteiger partial charge in [-0.25, -0.2) is 13.1 Å². The number of hydrogen-bond donors (Lipinski definition) is 2. The van der Waals surface area contributed by atoms with Crippen LogP contribution >= 0.6 is 0 Å². The zero-order valence-corrected chi connectivity index (χ0v) is 16.6. The van der Waals surface area contributed by atoms with Gasteiger partial charge in [0.2, 0.25) is 10.0 Å². The second-order valence-electron chi connectivity index (χ2n) is 7.17. The van der Waals surface area contributed by atoms with E-state index in [1.807, 2.05) is 39.8 Å². The lowest BCUT2D eigenvalue weighted by Gasteiger charge is -2.30. The Hall–Kier alpha value is -2.12. The number of amides is 1. The minimum absolute atomic E-state index is 0.0474. The average Bonchev–Trinajstić information content (AvgIpc) is 3.07. The third-order valence-electron chi connectivity index (χ3n) is 4.13. The van der Waals surface area contributed by atoms with Crippen molar-refractivity contribution in [2.24, 2.45) is 5.41 Å². The van der Waals surface area contributed by atoms with E-state index in [0.717, 1.165) is 12.2 Å². The summed E-state index contributed by atoms with van der Waals surface area (Å²) in [6, 6.07) is 9.37. The largest absolute Gasteiger partial charge is 0.464 e. The van der Waals surface area contributed by atoms with Gasteiger partial charge in [-0.15, -0.1) is 0 Å². The summed E-state index contributed by atoms with van der Waals surface area (Å²) in [4.78, 5) is 12.8. The molecule has 0 fully saturated rings. The second kappa shape index (κ2) is 7.63. The van der Waals surface area contributed by atoms with Gasteiger partial charge < -0.3 is 9.73 Å². The van der Waals surface area contributed by atoms with Gasteiger partial charge in [-0.3, -0.25) is 4.79 Å². The molecule has 1 unspecified atom stereocenters. The Balaban J connectivity index is 2.32. The highest BCUT2D eigenvalue weighted by molar-refractivity contribution is 7.89. The number of aryl methyl sites for hydroxylation is 1. The summed E-state index contributed by atoms with van der Waals surface area (Å²) < 4.78 is 32.0. The molecule has 0 saturated carbocycles. The van der Waals surface area contributed by atoms with Crippen molar-refractivity contribution in [1.82, 2.24) is 10.0 Å². The molecule has 0 aliphatic carbocycles. The van der Waals surface area contributed by atoms with Crippen molar-refractivity contribution >= 4 is 15.9 Å². The lowest BCUT2D eigenvalue weighted by atomic mass is 9.85. The van der Waals surface area contributed by atoms with Crippen LogP contribution in [0.15, 0.2) is 45.7 Å². The molecule has 1 heterocycles. The Morgan fingerprint density at radius 3 is 2.42 bits per heavy atom. The van der Waals surface area contributed by atoms with Crippen LogP contribution in [0.5, 0.6) is 0 Å². The van der Waals surface area contributed by atoms with Crippen LogP contribution in [-0.4, -0.2) is 21.4 Å². The van der Waals surface area contributed by atoms with E-state index in [1.54, 1.807) is 12.1 Å². The predicted molar refractivity (Wildman–Crippen MR) is 100 cm³/mol. The molecule has 26 heavy (non-hydrogen) atoms. The smallest absolute Gasteiger partial charge is 0.251 e. The van der Waals surface area contributed by atoms with Crippen LogP contribution < -0.4 is 10.0 Å². The first-order chi connectivity index (χ1) is 12.1. The van der Waals surface area contributed by atoms with Gasteiger partial charge in [-0.05, 0) is 42.8 Å². The van der Waals surface area contributed by atoms with Gasteiger partial charge >= 0.3 is 0 Å². The first kappa shape index (κ1) is 20.2. The third kappa shape index (κ3) is 4.53. The van der Waals surface area contributed by atoms with Gasteiger partial charge in [0, 0.05) is 12.0 Å². The maximum absolute atomic E-state index is 12.8. The Kier molecular flexibility index (Phi) is 5.93. The van der Waals surface area contributed by atoms with E-state index in [2.05, 4.69) is 10.0 Å². The molecule has 2 N–H and O–H groups in total. The summed E-state index contributed by atoms with van der Waals surface area (Å²) in [5.74, 6) is 1.18. The fourth-order valence-corrected chi connectivity index (χ4v) is 3.37. The molecule has 142 valence electrons. The zero-order chi connectivity index (χ0) is 19.5. The minimum atomic E-state index is -3.61. The molecule has 0 aliphatic rings. The number of carbonyl (C=O) groups excluding carboxylic acids is 1. The van der Waals surface area contributed by atoms with E-state index in [9.17, 15) is 13.2 Å². The maximum Gasteiger partial charge on any atom is 0.251 e. The monoisotopic (exact) mass is 378 g/mol. The average molecular weight is 378 g/mol. The number of sulfonamides is 1. The third-order valence-corrected chi connectivity index (χ3v) is 5.54. The van der Waals surface area contributed by atoms with E-state index >= 15 is 0 Å². The molecule has 1 aromatic carbocycles. The van der Waals surface area contributed by atoms with Crippen LogP contribution in [0, 0.1) is 5.41 Å². The van der Waals surface area contributed by atoms with E-state index in [0.29, 0.717) is 5.76 Å². The SMILES string of the molecule is CCc1ccc(C(NC(=O)c2cccc(S(=O)(=O)NC)c2)C(C)(C)C)o1. The quantitative estimate of drug-likeness (QED) is 0.807. The fraction of sp³-hybridized carbons (Fsp3) is 0.421. The molecule has 1 aromatic heterocycles. The first-order valence-electron chi connectivity index (χ1n) is 8.51. The second-order valence-corrected chi connectivity index (χ2v) is 9.05. The van der Waals surface area contributed by atoms with Crippen molar-refractivity contribution in [3.63, 3.8) is 0 Å². The summed E-state index contributed by atoms with van der Waals surface area (Å²) in [7, 11) is -2.28. The Morgan fingerprint density at radius 1 is 1.19 bits per heavy atom. The van der Waals surface area contributed by atoms with Crippen molar-refractivity contribution < 1.29 is 17.6 Å². The van der Waals surface area contributed by atoms with Crippen LogP contribution in [0.2, 0.25) is 0 Å². The Bertz CT molecular complexity index is 879. The number of furan rings is 1. The van der Waals surface area contributed by atoms with Crippen molar-refractivity contribution in [1.29, 1.82) is 0 Å². The topological polar surface area (TPSA) is 88.4 Å². The van der Waals surface area contributed by atoms with Gasteiger partial charge in [-0.1, -0.05) is 33.8 Å². The van der Waals surface area contributed by atoms with Crippen molar-refractivity contribution in [2.75, 3.05) is 7.05 Å². The summed E-state index contributed by atoms with van der Waals surface area (Å²) in [6.45, 7) is 8.02. The van der Waals surface area contributed by atoms with Crippen molar-refractivity contribution in [3.8, 4) is 0 Å². The Morgan fingerprint density at radius 2 is 1.88 bits per heavy atom. The van der Waals surface area contributed by atoms with E-state index in [1.165, 1.54) is 19.2 Å². The number of nitrogens with one attached hydrogen (secondary N) is 2. The standard InChI is InChI=1S/C19H26N2O4S/c1-6-14-10-11-16(25-14)17(19(2,3)4)21-18(22)13-8-7-9-15(12-13)26(23,24)20-5/h7-12,17,20H,6H2,1-5H3,(H,21,22). The predicted octanol–water partition coefficient (Wildman–Crippen LogP) is 3.27. The number of benzene rings is 1. The molecular weight excluding hydrogens is 352 g/mol. The summed E-state index contributed by atoms with van der Waals surface area (Å²) in [5.41, 5.74) is -0.00875. The molecule has 1 atom stereocenters. The van der Waals surface area contributed by atoms with Crippen LogP contribution in [0.1, 0.15) is 55.6 Å². The highest BCUT2D eigenvalue weighted by Crippen LogP contribution is 2.34. The zero-order valence-electron chi connectivity index (χ0n) is 15.8. The molecule has 0 saturated heterocycles. The van der Waals surface area contributed by atoms with Crippen LogP contribution in [0.4, 0.5) is 0 Å². The fourth-order valence-electron chi connectivity index (χ4n) is 2.59. The molecule has 7 heteroatoms. The van der Waals surface area contributed by atoms with Crippen LogP contribution in [-0.2, 0) is 16.4 Å². The molecular formula is C19H26N2O4S. The number of carbonyl (C=O) groups is 1. The van der Waals surface area contributed by atoms with Gasteiger partial charge in [0.1, 0.15) is 11.5 Å². The van der Waals surface area contributed by atoms with Gasteiger partial charge in [-0.2, -0.15) is 0 Å². The van der Waals surface area contributed by atoms with Gasteiger partial charge in [0.15, 0.2) is 0 Å². The summed E-state index contributed by atoms with van der Waals surface area (Å²) >= 11 is 0. The lowest BCUT2D eigenvalue weighted by Crippen LogP contribution is -2.36. The van der Waals surface area contributed by atoms with Crippen molar-refractivity contribution in [2.45, 2.75) is 45.1 Å². The molecule has 0 bridgehead atoms. The summed E-state index contributed by atoms with van der Waals surface area (Å²) in [5, 5.41) is 2.98. The molecule has 6 nitrogen and oxygen atoms in total. The van der Waals surface area contributed by atoms with E-state index in [4.69, 9.17) is 4.42 Å². The van der Waals surface area contributed by atoms with E-state index < -0.39 is 10.0 Å². The summed E-state index contributed by atoms with van der Waals surface area (Å²) in [6.07, 6.45) is 0.773. The first-order valence-corrected chi connectivity index (χ1v) is 10.00. The minimum Gasteiger partial charge on any atom is -0.464 e. The molecule has 2 aromatic rings. The van der Waals surface area contributed by atoms with Crippen molar-refractivity contribution in [3.05, 3.63) is 53.5 Å². The normalized spacial score (nSPS) is 13.4. The molecule has 0 aliphatic heterocycles. The Labute approximate surface area is 155 Å². The highest BCUT2D eigenvalue weighted by atomic mass is 32.2. The molecule has 0 radical (unpaired) electrons. The van der Waals surface area contributed by atoms with Gasteiger partial charge in [0.05, 0.1) is 10.9 Å². The van der Waals surface area contributed by atoms with E-state index in [-0.39, 0.29) is 27.8 Å². The highest BCUT2D eigenvalue weighted by Gasteiger charge is 2.31.